The minimum absolute atomic E-state index is 0.430. The molecule has 0 aromatic carbocycles. The van der Waals surface area contributed by atoms with Crippen molar-refractivity contribution in [3.8, 4) is 0 Å². The van der Waals surface area contributed by atoms with E-state index in [2.05, 4.69) is 4.98 Å². The zero-order valence-corrected chi connectivity index (χ0v) is 7.60. The van der Waals surface area contributed by atoms with Crippen LogP contribution in [-0.2, 0) is 0 Å². The Bertz CT molecular complexity index is 288. The van der Waals surface area contributed by atoms with Gasteiger partial charge in [-0.2, -0.15) is 0 Å². The van der Waals surface area contributed by atoms with E-state index in [1.54, 1.807) is 24.0 Å². The minimum atomic E-state index is -0.430. The number of thioether (sulfide) groups is 1. The summed E-state index contributed by atoms with van der Waals surface area (Å²) in [5, 5.41) is 0. The lowest BCUT2D eigenvalue weighted by Gasteiger charge is -1.98. The van der Waals surface area contributed by atoms with Crippen molar-refractivity contribution < 1.29 is 4.79 Å². The van der Waals surface area contributed by atoms with Crippen molar-refractivity contribution >= 4 is 17.7 Å². The Labute approximate surface area is 75.4 Å². The van der Waals surface area contributed by atoms with E-state index in [0.717, 1.165) is 10.6 Å². The molecule has 0 unspecified atom stereocenters. The smallest absolute Gasteiger partial charge is 0.250 e. The van der Waals surface area contributed by atoms with Crippen molar-refractivity contribution in [2.45, 2.75) is 11.8 Å². The highest BCUT2D eigenvalue weighted by atomic mass is 32.2. The van der Waals surface area contributed by atoms with Crippen LogP contribution in [-0.4, -0.2) is 16.6 Å². The lowest BCUT2D eigenvalue weighted by molar-refractivity contribution is 0.0999. The highest BCUT2D eigenvalue weighted by molar-refractivity contribution is 7.99. The van der Waals surface area contributed by atoms with Crippen molar-refractivity contribution in [2.24, 2.45) is 5.73 Å². The molecule has 0 atom stereocenters. The van der Waals surface area contributed by atoms with Crippen molar-refractivity contribution in [1.29, 1.82) is 0 Å². The topological polar surface area (TPSA) is 56.0 Å². The van der Waals surface area contributed by atoms with Crippen LogP contribution >= 0.6 is 11.8 Å². The Kier molecular flexibility index (Phi) is 3.10. The van der Waals surface area contributed by atoms with Gasteiger partial charge in [0, 0.05) is 17.3 Å². The van der Waals surface area contributed by atoms with Gasteiger partial charge in [-0.25, -0.2) is 0 Å². The summed E-state index contributed by atoms with van der Waals surface area (Å²) in [6.07, 6.45) is 3.20. The van der Waals surface area contributed by atoms with Crippen LogP contribution in [0.4, 0.5) is 0 Å². The second-order valence-corrected chi connectivity index (χ2v) is 3.54. The summed E-state index contributed by atoms with van der Waals surface area (Å²) in [4.78, 5) is 15.6. The Morgan fingerprint density at radius 2 is 2.42 bits per heavy atom. The molecule has 0 spiro atoms. The molecule has 1 rings (SSSR count). The van der Waals surface area contributed by atoms with Crippen molar-refractivity contribution in [3.05, 3.63) is 24.0 Å². The molecule has 0 saturated heterocycles. The summed E-state index contributed by atoms with van der Waals surface area (Å²) in [5.74, 6) is 0.533. The monoisotopic (exact) mass is 182 g/mol. The lowest BCUT2D eigenvalue weighted by atomic mass is 10.3. The number of hydrogen-bond acceptors (Lipinski definition) is 3. The summed E-state index contributed by atoms with van der Waals surface area (Å²) in [6.45, 7) is 2.04. The Morgan fingerprint density at radius 3 is 3.00 bits per heavy atom. The summed E-state index contributed by atoms with van der Waals surface area (Å²) >= 11 is 1.64. The summed E-state index contributed by atoms with van der Waals surface area (Å²) < 4.78 is 0. The van der Waals surface area contributed by atoms with E-state index in [1.165, 1.54) is 6.20 Å². The normalized spacial score (nSPS) is 9.75. The largest absolute Gasteiger partial charge is 0.366 e. The predicted molar refractivity (Wildman–Crippen MR) is 49.2 cm³/mol. The molecule has 0 bridgehead atoms. The van der Waals surface area contributed by atoms with E-state index in [9.17, 15) is 4.79 Å². The maximum absolute atomic E-state index is 10.7. The van der Waals surface area contributed by atoms with Crippen molar-refractivity contribution in [3.63, 3.8) is 0 Å². The molecule has 1 aromatic heterocycles. The molecule has 0 radical (unpaired) electrons. The van der Waals surface area contributed by atoms with Crippen LogP contribution < -0.4 is 5.73 Å². The number of rotatable bonds is 3. The third-order valence-electron chi connectivity index (χ3n) is 1.31. The SMILES string of the molecule is CCSc1cncc(C(N)=O)c1. The molecule has 0 aliphatic heterocycles. The number of primary amides is 1. The first-order chi connectivity index (χ1) is 5.74. The standard InChI is InChI=1S/C8H10N2OS/c1-2-12-7-3-6(8(9)11)4-10-5-7/h3-5H,2H2,1H3,(H2,9,11). The number of nitrogens with zero attached hydrogens (tertiary/aromatic N) is 1. The second kappa shape index (κ2) is 4.11. The van der Waals surface area contributed by atoms with Gasteiger partial charge in [0.2, 0.25) is 5.91 Å². The van der Waals surface area contributed by atoms with Gasteiger partial charge in [0.1, 0.15) is 0 Å². The number of aromatic nitrogens is 1. The van der Waals surface area contributed by atoms with Crippen LogP contribution in [0.25, 0.3) is 0 Å². The van der Waals surface area contributed by atoms with Gasteiger partial charge in [-0.05, 0) is 11.8 Å². The highest BCUT2D eigenvalue weighted by Gasteiger charge is 2.01. The Morgan fingerprint density at radius 1 is 1.67 bits per heavy atom. The van der Waals surface area contributed by atoms with Crippen LogP contribution in [0.2, 0.25) is 0 Å². The predicted octanol–water partition coefficient (Wildman–Crippen LogP) is 1.29. The molecular formula is C8H10N2OS. The van der Waals surface area contributed by atoms with Gasteiger partial charge >= 0.3 is 0 Å². The van der Waals surface area contributed by atoms with Gasteiger partial charge in [0.05, 0.1) is 5.56 Å². The zero-order valence-electron chi connectivity index (χ0n) is 6.78. The van der Waals surface area contributed by atoms with Gasteiger partial charge in [0.15, 0.2) is 0 Å². The number of hydrogen-bond donors (Lipinski definition) is 1. The molecule has 0 saturated carbocycles. The van der Waals surface area contributed by atoms with Crippen molar-refractivity contribution in [2.75, 3.05) is 5.75 Å². The van der Waals surface area contributed by atoms with Gasteiger partial charge in [-0.15, -0.1) is 11.8 Å². The van der Waals surface area contributed by atoms with E-state index < -0.39 is 5.91 Å². The summed E-state index contributed by atoms with van der Waals surface area (Å²) in [7, 11) is 0. The molecule has 1 heterocycles. The maximum Gasteiger partial charge on any atom is 0.250 e. The van der Waals surface area contributed by atoms with Crippen LogP contribution in [0.3, 0.4) is 0 Å². The van der Waals surface area contributed by atoms with E-state index in [0.29, 0.717) is 5.56 Å². The molecule has 64 valence electrons. The molecule has 12 heavy (non-hydrogen) atoms. The Hall–Kier alpha value is -1.03. The fraction of sp³-hybridized carbons (Fsp3) is 0.250. The van der Waals surface area contributed by atoms with Crippen LogP contribution in [0.15, 0.2) is 23.4 Å². The van der Waals surface area contributed by atoms with E-state index in [-0.39, 0.29) is 0 Å². The third kappa shape index (κ3) is 2.23. The van der Waals surface area contributed by atoms with E-state index >= 15 is 0 Å². The number of amides is 1. The Balaban J connectivity index is 2.88. The third-order valence-corrected chi connectivity index (χ3v) is 2.15. The molecule has 0 aliphatic carbocycles. The van der Waals surface area contributed by atoms with Gasteiger partial charge < -0.3 is 5.73 Å². The maximum atomic E-state index is 10.7. The lowest BCUT2D eigenvalue weighted by Crippen LogP contribution is -2.11. The average Bonchev–Trinajstić information content (AvgIpc) is 2.05. The fourth-order valence-electron chi connectivity index (χ4n) is 0.799. The summed E-state index contributed by atoms with van der Waals surface area (Å²) in [6, 6.07) is 1.75. The van der Waals surface area contributed by atoms with Gasteiger partial charge in [-0.1, -0.05) is 6.92 Å². The molecule has 0 aliphatic rings. The number of carbonyl (C=O) groups excluding carboxylic acids is 1. The highest BCUT2D eigenvalue weighted by Crippen LogP contribution is 2.16. The molecule has 2 N–H and O–H groups in total. The van der Waals surface area contributed by atoms with Gasteiger partial charge in [-0.3, -0.25) is 9.78 Å². The van der Waals surface area contributed by atoms with Crippen LogP contribution in [0.5, 0.6) is 0 Å². The minimum Gasteiger partial charge on any atom is -0.366 e. The van der Waals surface area contributed by atoms with Crippen LogP contribution in [0.1, 0.15) is 17.3 Å². The van der Waals surface area contributed by atoms with E-state index in [1.807, 2.05) is 6.92 Å². The first-order valence-electron chi connectivity index (χ1n) is 3.61. The quantitative estimate of drug-likeness (QED) is 0.717. The fourth-order valence-corrected chi connectivity index (χ4v) is 1.48. The molecule has 3 nitrogen and oxygen atoms in total. The summed E-state index contributed by atoms with van der Waals surface area (Å²) in [5.41, 5.74) is 5.56. The van der Waals surface area contributed by atoms with Crippen LogP contribution in [0, 0.1) is 0 Å². The van der Waals surface area contributed by atoms with Gasteiger partial charge in [0.25, 0.3) is 0 Å². The van der Waals surface area contributed by atoms with E-state index in [4.69, 9.17) is 5.73 Å². The van der Waals surface area contributed by atoms with Crippen molar-refractivity contribution in [1.82, 2.24) is 4.98 Å². The molecular weight excluding hydrogens is 172 g/mol. The molecule has 1 aromatic rings. The number of pyridine rings is 1. The zero-order chi connectivity index (χ0) is 8.97. The number of nitrogens with two attached hydrogens (primary N) is 1. The first-order valence-corrected chi connectivity index (χ1v) is 4.60. The first kappa shape index (κ1) is 9.06. The second-order valence-electron chi connectivity index (χ2n) is 2.21. The molecule has 1 amide bonds. The molecule has 0 fully saturated rings. The molecule has 4 heteroatoms. The number of carbonyl (C=O) groups is 1. The average molecular weight is 182 g/mol.